The molecule has 0 saturated carbocycles. The van der Waals surface area contributed by atoms with Gasteiger partial charge in [-0.1, -0.05) is 23.5 Å². The van der Waals surface area contributed by atoms with Gasteiger partial charge < -0.3 is 4.90 Å². The molecule has 9 heteroatoms. The van der Waals surface area contributed by atoms with Crippen LogP contribution >= 0.6 is 11.3 Å². The zero-order valence-electron chi connectivity index (χ0n) is 16.5. The lowest BCUT2D eigenvalue weighted by Crippen LogP contribution is -2.31. The van der Waals surface area contributed by atoms with E-state index < -0.39 is 0 Å². The van der Waals surface area contributed by atoms with Crippen molar-refractivity contribution in [3.63, 3.8) is 0 Å². The molecule has 0 unspecified atom stereocenters. The van der Waals surface area contributed by atoms with E-state index in [2.05, 4.69) is 15.5 Å². The molecule has 0 saturated heterocycles. The first-order valence-corrected chi connectivity index (χ1v) is 10.1. The van der Waals surface area contributed by atoms with E-state index >= 15 is 0 Å². The molecule has 0 spiro atoms. The first kappa shape index (κ1) is 19.7. The number of benzene rings is 2. The number of rotatable bonds is 6. The Bertz CT molecular complexity index is 1090. The Morgan fingerprint density at radius 2 is 1.63 bits per heavy atom. The minimum absolute atomic E-state index is 0.209. The third-order valence-corrected chi connectivity index (χ3v) is 5.66. The number of carbonyl (C=O) groups excluding carboxylic acids is 3. The predicted octanol–water partition coefficient (Wildman–Crippen LogP) is 2.70. The first-order chi connectivity index (χ1) is 14.4. The van der Waals surface area contributed by atoms with E-state index in [1.54, 1.807) is 36.4 Å². The van der Waals surface area contributed by atoms with Crippen LogP contribution in [-0.2, 0) is 6.42 Å². The van der Waals surface area contributed by atoms with E-state index in [0.29, 0.717) is 33.3 Å². The quantitative estimate of drug-likeness (QED) is 0.615. The zero-order valence-corrected chi connectivity index (χ0v) is 17.3. The number of hydrogen-bond acceptors (Lipinski definition) is 7. The summed E-state index contributed by atoms with van der Waals surface area (Å²) >= 11 is 1.22. The molecule has 0 aliphatic carbocycles. The highest BCUT2D eigenvalue weighted by Crippen LogP contribution is 2.24. The van der Waals surface area contributed by atoms with Crippen LogP contribution in [0.2, 0.25) is 0 Å². The van der Waals surface area contributed by atoms with Crippen LogP contribution in [0.3, 0.4) is 0 Å². The van der Waals surface area contributed by atoms with Gasteiger partial charge in [-0.2, -0.15) is 0 Å². The van der Waals surface area contributed by atoms with E-state index in [1.165, 1.54) is 16.2 Å². The SMILES string of the molecule is CN(C)c1ccc(C(=O)Nc2nnc(CCN3C(=O)c4ccccc4C3=O)s2)cc1. The maximum Gasteiger partial charge on any atom is 0.261 e. The number of amides is 3. The van der Waals surface area contributed by atoms with E-state index in [0.717, 1.165) is 5.69 Å². The molecule has 3 aromatic rings. The molecule has 1 aliphatic rings. The molecule has 2 heterocycles. The summed E-state index contributed by atoms with van der Waals surface area (Å²) in [4.78, 5) is 40.4. The Hall–Kier alpha value is -3.59. The summed E-state index contributed by atoms with van der Waals surface area (Å²) in [5.74, 6) is -0.868. The van der Waals surface area contributed by atoms with Gasteiger partial charge in [0.2, 0.25) is 5.13 Å². The molecule has 30 heavy (non-hydrogen) atoms. The molecule has 1 N–H and O–H groups in total. The summed E-state index contributed by atoms with van der Waals surface area (Å²) in [5.41, 5.74) is 2.36. The van der Waals surface area contributed by atoms with E-state index in [9.17, 15) is 14.4 Å². The Labute approximate surface area is 177 Å². The fraction of sp³-hybridized carbons (Fsp3) is 0.190. The second-order valence-electron chi connectivity index (χ2n) is 6.95. The molecule has 0 bridgehead atoms. The van der Waals surface area contributed by atoms with Crippen LogP contribution in [0.15, 0.2) is 48.5 Å². The maximum absolute atomic E-state index is 12.4. The van der Waals surface area contributed by atoms with Crippen molar-refractivity contribution < 1.29 is 14.4 Å². The average Bonchev–Trinajstić information content (AvgIpc) is 3.29. The third kappa shape index (κ3) is 3.79. The minimum Gasteiger partial charge on any atom is -0.378 e. The van der Waals surface area contributed by atoms with Gasteiger partial charge in [0, 0.05) is 38.3 Å². The van der Waals surface area contributed by atoms with Crippen LogP contribution in [0, 0.1) is 0 Å². The molecule has 0 atom stereocenters. The van der Waals surface area contributed by atoms with Crippen molar-refractivity contribution in [1.82, 2.24) is 15.1 Å². The molecule has 152 valence electrons. The molecule has 2 aromatic carbocycles. The van der Waals surface area contributed by atoms with Gasteiger partial charge in [0.05, 0.1) is 11.1 Å². The highest BCUT2D eigenvalue weighted by molar-refractivity contribution is 7.15. The fourth-order valence-corrected chi connectivity index (χ4v) is 3.86. The van der Waals surface area contributed by atoms with E-state index in [4.69, 9.17) is 0 Å². The van der Waals surface area contributed by atoms with Gasteiger partial charge in [0.25, 0.3) is 17.7 Å². The van der Waals surface area contributed by atoms with Crippen molar-refractivity contribution in [3.8, 4) is 0 Å². The van der Waals surface area contributed by atoms with Gasteiger partial charge in [-0.3, -0.25) is 24.6 Å². The predicted molar refractivity (Wildman–Crippen MR) is 114 cm³/mol. The zero-order chi connectivity index (χ0) is 21.3. The van der Waals surface area contributed by atoms with Gasteiger partial charge in [0.15, 0.2) is 0 Å². The summed E-state index contributed by atoms with van der Waals surface area (Å²) in [6.07, 6.45) is 0.372. The Kier molecular flexibility index (Phi) is 5.28. The normalized spacial score (nSPS) is 12.8. The van der Waals surface area contributed by atoms with Crippen molar-refractivity contribution in [1.29, 1.82) is 0 Å². The van der Waals surface area contributed by atoms with Crippen molar-refractivity contribution in [2.75, 3.05) is 30.9 Å². The van der Waals surface area contributed by atoms with Crippen molar-refractivity contribution in [3.05, 3.63) is 70.2 Å². The minimum atomic E-state index is -0.296. The fourth-order valence-electron chi connectivity index (χ4n) is 3.14. The number of carbonyl (C=O) groups is 3. The summed E-state index contributed by atoms with van der Waals surface area (Å²) in [5, 5.41) is 11.8. The van der Waals surface area contributed by atoms with Crippen molar-refractivity contribution in [2.24, 2.45) is 0 Å². The monoisotopic (exact) mass is 421 g/mol. The van der Waals surface area contributed by atoms with Crippen LogP contribution in [0.1, 0.15) is 36.1 Å². The summed E-state index contributed by atoms with van der Waals surface area (Å²) in [7, 11) is 3.86. The van der Waals surface area contributed by atoms with Gasteiger partial charge in [-0.05, 0) is 36.4 Å². The summed E-state index contributed by atoms with van der Waals surface area (Å²) < 4.78 is 0. The van der Waals surface area contributed by atoms with Crippen LogP contribution < -0.4 is 10.2 Å². The van der Waals surface area contributed by atoms with Crippen LogP contribution in [0.5, 0.6) is 0 Å². The van der Waals surface area contributed by atoms with Crippen LogP contribution in [0.4, 0.5) is 10.8 Å². The van der Waals surface area contributed by atoms with Crippen LogP contribution in [0.25, 0.3) is 0 Å². The molecule has 4 rings (SSSR count). The van der Waals surface area contributed by atoms with Gasteiger partial charge in [0.1, 0.15) is 5.01 Å². The second kappa shape index (κ2) is 8.03. The third-order valence-electron chi connectivity index (χ3n) is 4.76. The molecule has 0 fully saturated rings. The number of anilines is 2. The first-order valence-electron chi connectivity index (χ1n) is 9.30. The van der Waals surface area contributed by atoms with Gasteiger partial charge in [-0.15, -0.1) is 10.2 Å². The molecular formula is C21H19N5O3S. The van der Waals surface area contributed by atoms with Crippen molar-refractivity contribution >= 4 is 39.9 Å². The Morgan fingerprint density at radius 3 is 2.23 bits per heavy atom. The highest BCUT2D eigenvalue weighted by Gasteiger charge is 2.34. The number of hydrogen-bond donors (Lipinski definition) is 1. The number of nitrogens with zero attached hydrogens (tertiary/aromatic N) is 4. The molecular weight excluding hydrogens is 402 g/mol. The lowest BCUT2D eigenvalue weighted by atomic mass is 10.1. The summed E-state index contributed by atoms with van der Waals surface area (Å²) in [6.45, 7) is 0.209. The Morgan fingerprint density at radius 1 is 1.00 bits per heavy atom. The van der Waals surface area contributed by atoms with Crippen LogP contribution in [-0.4, -0.2) is 53.5 Å². The highest BCUT2D eigenvalue weighted by atomic mass is 32.1. The van der Waals surface area contributed by atoms with Crippen molar-refractivity contribution in [2.45, 2.75) is 6.42 Å². The second-order valence-corrected chi connectivity index (χ2v) is 8.02. The Balaban J connectivity index is 1.36. The number of fused-ring (bicyclic) bond motifs is 1. The molecule has 0 radical (unpaired) electrons. The van der Waals surface area contributed by atoms with Gasteiger partial charge in [-0.25, -0.2) is 0 Å². The lowest BCUT2D eigenvalue weighted by molar-refractivity contribution is 0.0655. The maximum atomic E-state index is 12.4. The molecule has 1 aliphatic heterocycles. The standard InChI is InChI=1S/C21H19N5O3S/c1-25(2)14-9-7-13(8-10-14)18(27)22-21-24-23-17(30-21)11-12-26-19(28)15-5-3-4-6-16(15)20(26)29/h3-10H,11-12H2,1-2H3,(H,22,24,27). The molecule has 8 nitrogen and oxygen atoms in total. The number of aromatic nitrogens is 2. The topological polar surface area (TPSA) is 95.5 Å². The smallest absolute Gasteiger partial charge is 0.261 e. The largest absolute Gasteiger partial charge is 0.378 e. The average molecular weight is 421 g/mol. The molecule has 3 amide bonds. The van der Waals surface area contributed by atoms with E-state index in [-0.39, 0.29) is 24.3 Å². The number of nitrogens with one attached hydrogen (secondary N) is 1. The van der Waals surface area contributed by atoms with Gasteiger partial charge >= 0.3 is 0 Å². The summed E-state index contributed by atoms with van der Waals surface area (Å²) in [6, 6.07) is 14.0. The lowest BCUT2D eigenvalue weighted by Gasteiger charge is -2.12. The van der Waals surface area contributed by atoms with E-state index in [1.807, 2.05) is 31.1 Å². The number of imide groups is 1. The molecule has 1 aromatic heterocycles.